The number of unbranched alkanes of at least 4 members (excludes halogenated alkanes) is 2. The first-order valence-corrected chi connectivity index (χ1v) is 6.57. The highest BCUT2D eigenvalue weighted by Gasteiger charge is 2.06. The third-order valence-corrected chi connectivity index (χ3v) is 2.82. The first kappa shape index (κ1) is 14.0. The van der Waals surface area contributed by atoms with Gasteiger partial charge < -0.3 is 10.4 Å². The molecule has 20 heavy (non-hydrogen) atoms. The number of hydrogen-bond acceptors (Lipinski definition) is 5. The molecule has 0 radical (unpaired) electrons. The minimum Gasteiger partial charge on any atom is -0.481 e. The molecule has 2 rings (SSSR count). The van der Waals surface area contributed by atoms with E-state index in [-0.39, 0.29) is 6.42 Å². The molecule has 0 aliphatic rings. The maximum atomic E-state index is 10.4. The summed E-state index contributed by atoms with van der Waals surface area (Å²) < 4.78 is 1.64. The number of carbonyl (C=O) groups is 1. The van der Waals surface area contributed by atoms with Gasteiger partial charge in [-0.25, -0.2) is 0 Å². The molecule has 0 fully saturated rings. The summed E-state index contributed by atoms with van der Waals surface area (Å²) in [6.07, 6.45) is 2.67. The molecule has 7 nitrogen and oxygen atoms in total. The molecule has 1 aromatic heterocycles. The van der Waals surface area contributed by atoms with Crippen LogP contribution in [-0.2, 0) is 4.79 Å². The maximum absolute atomic E-state index is 10.4. The second-order valence-electron chi connectivity index (χ2n) is 4.38. The molecule has 1 aromatic carbocycles. The van der Waals surface area contributed by atoms with Gasteiger partial charge in [-0.2, -0.15) is 4.68 Å². The summed E-state index contributed by atoms with van der Waals surface area (Å²) in [5, 5.41) is 23.2. The summed E-state index contributed by atoms with van der Waals surface area (Å²) in [5.74, 6) is -0.152. The second-order valence-corrected chi connectivity index (χ2v) is 4.38. The van der Waals surface area contributed by atoms with E-state index in [1.807, 2.05) is 30.3 Å². The molecule has 7 heteroatoms. The molecule has 0 saturated heterocycles. The Labute approximate surface area is 116 Å². The van der Waals surface area contributed by atoms with Gasteiger partial charge in [0, 0.05) is 13.0 Å². The van der Waals surface area contributed by atoms with Gasteiger partial charge in [0.25, 0.3) is 0 Å². The van der Waals surface area contributed by atoms with Gasteiger partial charge in [0.05, 0.1) is 5.69 Å². The van der Waals surface area contributed by atoms with Crippen LogP contribution in [0.4, 0.5) is 5.95 Å². The fourth-order valence-corrected chi connectivity index (χ4v) is 1.82. The van der Waals surface area contributed by atoms with Gasteiger partial charge in [-0.15, -0.1) is 0 Å². The Morgan fingerprint density at radius 2 is 2.00 bits per heavy atom. The zero-order valence-electron chi connectivity index (χ0n) is 11.1. The quantitative estimate of drug-likeness (QED) is 0.712. The van der Waals surface area contributed by atoms with Crippen LogP contribution in [0.15, 0.2) is 30.3 Å². The summed E-state index contributed by atoms with van der Waals surface area (Å²) in [6, 6.07) is 9.63. The summed E-state index contributed by atoms with van der Waals surface area (Å²) in [7, 11) is 0. The molecule has 0 saturated carbocycles. The Kier molecular flexibility index (Phi) is 5.05. The maximum Gasteiger partial charge on any atom is 0.303 e. The van der Waals surface area contributed by atoms with Gasteiger partial charge in [0.1, 0.15) is 0 Å². The fraction of sp³-hybridized carbons (Fsp3) is 0.385. The third-order valence-electron chi connectivity index (χ3n) is 2.82. The number of benzene rings is 1. The van der Waals surface area contributed by atoms with Crippen molar-refractivity contribution in [2.24, 2.45) is 0 Å². The number of carboxylic acid groups (broad SMARTS) is 1. The van der Waals surface area contributed by atoms with E-state index in [1.165, 1.54) is 0 Å². The number of nitrogens with one attached hydrogen (secondary N) is 1. The van der Waals surface area contributed by atoms with Crippen LogP contribution >= 0.6 is 0 Å². The van der Waals surface area contributed by atoms with Crippen molar-refractivity contribution in [3.63, 3.8) is 0 Å². The van der Waals surface area contributed by atoms with E-state index < -0.39 is 5.97 Å². The molecule has 0 atom stereocenters. The van der Waals surface area contributed by atoms with E-state index in [1.54, 1.807) is 4.68 Å². The summed E-state index contributed by atoms with van der Waals surface area (Å²) in [4.78, 5) is 10.4. The zero-order valence-corrected chi connectivity index (χ0v) is 11.1. The van der Waals surface area contributed by atoms with Crippen LogP contribution in [-0.4, -0.2) is 37.8 Å². The first-order valence-electron chi connectivity index (χ1n) is 6.57. The third kappa shape index (κ3) is 4.04. The van der Waals surface area contributed by atoms with Gasteiger partial charge in [0.2, 0.25) is 5.95 Å². The zero-order chi connectivity index (χ0) is 14.2. The van der Waals surface area contributed by atoms with Crippen LogP contribution in [0.3, 0.4) is 0 Å². The number of rotatable bonds is 8. The van der Waals surface area contributed by atoms with Gasteiger partial charge in [-0.3, -0.25) is 4.79 Å². The predicted octanol–water partition coefficient (Wildman–Crippen LogP) is 1.72. The van der Waals surface area contributed by atoms with Crippen LogP contribution < -0.4 is 5.32 Å². The summed E-state index contributed by atoms with van der Waals surface area (Å²) in [6.45, 7) is 0.715. The largest absolute Gasteiger partial charge is 0.481 e. The van der Waals surface area contributed by atoms with Gasteiger partial charge >= 0.3 is 5.97 Å². The number of aromatic nitrogens is 4. The lowest BCUT2D eigenvalue weighted by molar-refractivity contribution is -0.137. The number of nitrogens with zero attached hydrogens (tertiary/aromatic N) is 4. The molecule has 0 spiro atoms. The fourth-order valence-electron chi connectivity index (χ4n) is 1.82. The van der Waals surface area contributed by atoms with Crippen LogP contribution in [0, 0.1) is 0 Å². The van der Waals surface area contributed by atoms with Gasteiger partial charge in [-0.05, 0) is 35.4 Å². The van der Waals surface area contributed by atoms with Gasteiger partial charge in [-0.1, -0.05) is 29.7 Å². The Balaban J connectivity index is 1.80. The van der Waals surface area contributed by atoms with Gasteiger partial charge in [0.15, 0.2) is 0 Å². The summed E-state index contributed by atoms with van der Waals surface area (Å²) in [5.41, 5.74) is 0.894. The Bertz CT molecular complexity index is 541. The van der Waals surface area contributed by atoms with E-state index >= 15 is 0 Å². The average molecular weight is 275 g/mol. The molecule has 0 unspecified atom stereocenters. The van der Waals surface area contributed by atoms with Crippen molar-refractivity contribution in [3.8, 4) is 5.69 Å². The van der Waals surface area contributed by atoms with Crippen molar-refractivity contribution >= 4 is 11.9 Å². The molecular formula is C13H17N5O2. The highest BCUT2D eigenvalue weighted by molar-refractivity contribution is 5.66. The number of hydrogen-bond donors (Lipinski definition) is 2. The van der Waals surface area contributed by atoms with Crippen molar-refractivity contribution in [1.82, 2.24) is 20.2 Å². The summed E-state index contributed by atoms with van der Waals surface area (Å²) >= 11 is 0. The van der Waals surface area contributed by atoms with Crippen LogP contribution in [0.2, 0.25) is 0 Å². The number of carboxylic acids is 1. The molecule has 2 N–H and O–H groups in total. The average Bonchev–Trinajstić information content (AvgIpc) is 2.92. The van der Waals surface area contributed by atoms with Crippen molar-refractivity contribution in [1.29, 1.82) is 0 Å². The lowest BCUT2D eigenvalue weighted by atomic mass is 10.2. The standard InChI is InChI=1S/C13H17N5O2/c19-12(20)9-5-2-6-10-14-13-15-16-17-18(13)11-7-3-1-4-8-11/h1,3-4,7-8H,2,5-6,9-10H2,(H,19,20)(H,14,15,17). The van der Waals surface area contributed by atoms with Crippen molar-refractivity contribution in [3.05, 3.63) is 30.3 Å². The van der Waals surface area contributed by atoms with E-state index in [0.717, 1.165) is 18.5 Å². The van der Waals surface area contributed by atoms with E-state index in [0.29, 0.717) is 18.9 Å². The highest BCUT2D eigenvalue weighted by Crippen LogP contribution is 2.10. The van der Waals surface area contributed by atoms with E-state index in [9.17, 15) is 4.79 Å². The lowest BCUT2D eigenvalue weighted by Crippen LogP contribution is -2.09. The molecule has 1 heterocycles. The first-order chi connectivity index (χ1) is 9.77. The van der Waals surface area contributed by atoms with E-state index in [2.05, 4.69) is 20.8 Å². The van der Waals surface area contributed by atoms with Crippen molar-refractivity contribution < 1.29 is 9.90 Å². The minimum absolute atomic E-state index is 0.224. The molecule has 0 aliphatic heterocycles. The smallest absolute Gasteiger partial charge is 0.303 e. The number of tetrazole rings is 1. The predicted molar refractivity (Wildman–Crippen MR) is 73.7 cm³/mol. The SMILES string of the molecule is O=C(O)CCCCCNc1nnnn1-c1ccccc1. The second kappa shape index (κ2) is 7.22. The number of para-hydroxylation sites is 1. The van der Waals surface area contributed by atoms with Crippen LogP contribution in [0.1, 0.15) is 25.7 Å². The monoisotopic (exact) mass is 275 g/mol. The normalized spacial score (nSPS) is 10.4. The topological polar surface area (TPSA) is 92.9 Å². The lowest BCUT2D eigenvalue weighted by Gasteiger charge is -2.06. The Hall–Kier alpha value is -2.44. The highest BCUT2D eigenvalue weighted by atomic mass is 16.4. The number of anilines is 1. The molecule has 0 bridgehead atoms. The van der Waals surface area contributed by atoms with E-state index in [4.69, 9.17) is 5.11 Å². The molecular weight excluding hydrogens is 258 g/mol. The molecule has 0 amide bonds. The molecule has 0 aliphatic carbocycles. The minimum atomic E-state index is -0.744. The number of aliphatic carboxylic acids is 1. The van der Waals surface area contributed by atoms with Crippen molar-refractivity contribution in [2.45, 2.75) is 25.7 Å². The van der Waals surface area contributed by atoms with Crippen molar-refractivity contribution in [2.75, 3.05) is 11.9 Å². The Morgan fingerprint density at radius 1 is 1.20 bits per heavy atom. The molecule has 2 aromatic rings. The van der Waals surface area contributed by atoms with Crippen LogP contribution in [0.5, 0.6) is 0 Å². The Morgan fingerprint density at radius 3 is 2.75 bits per heavy atom. The van der Waals surface area contributed by atoms with Crippen LogP contribution in [0.25, 0.3) is 5.69 Å². The molecule has 106 valence electrons.